The molecule has 1 atom stereocenters. The summed E-state index contributed by atoms with van der Waals surface area (Å²) in [6.45, 7) is 3.22. The van der Waals surface area contributed by atoms with Crippen molar-refractivity contribution < 1.29 is 23.9 Å². The molecule has 7 heteroatoms. The molecule has 1 aromatic rings. The molecule has 0 saturated heterocycles. The molecular weight excluding hydrogens is 300 g/mol. The molecule has 0 aliphatic carbocycles. The van der Waals surface area contributed by atoms with Gasteiger partial charge in [0.15, 0.2) is 6.61 Å². The van der Waals surface area contributed by atoms with Crippen molar-refractivity contribution in [1.82, 2.24) is 10.6 Å². The molecule has 1 aromatic carbocycles. The van der Waals surface area contributed by atoms with Crippen molar-refractivity contribution >= 4 is 18.0 Å². The van der Waals surface area contributed by atoms with Gasteiger partial charge in [-0.15, -0.1) is 0 Å². The van der Waals surface area contributed by atoms with E-state index in [1.54, 1.807) is 13.8 Å². The van der Waals surface area contributed by atoms with Gasteiger partial charge in [0.2, 0.25) is 0 Å². The first kappa shape index (κ1) is 18.5. The smallest absolute Gasteiger partial charge is 0.408 e. The van der Waals surface area contributed by atoms with Gasteiger partial charge < -0.3 is 20.1 Å². The van der Waals surface area contributed by atoms with E-state index < -0.39 is 24.0 Å². The number of esters is 1. The van der Waals surface area contributed by atoms with E-state index in [1.165, 1.54) is 7.05 Å². The van der Waals surface area contributed by atoms with Crippen molar-refractivity contribution in [3.05, 3.63) is 35.9 Å². The lowest BCUT2D eigenvalue weighted by Crippen LogP contribution is -2.46. The molecule has 2 amide bonds. The number of benzene rings is 1. The van der Waals surface area contributed by atoms with Crippen LogP contribution in [0.5, 0.6) is 0 Å². The molecule has 0 aliphatic rings. The van der Waals surface area contributed by atoms with Gasteiger partial charge in [0.05, 0.1) is 0 Å². The Morgan fingerprint density at radius 3 is 2.30 bits per heavy atom. The van der Waals surface area contributed by atoms with Crippen LogP contribution in [0.4, 0.5) is 4.79 Å². The molecule has 0 bridgehead atoms. The zero-order valence-electron chi connectivity index (χ0n) is 13.5. The number of hydrogen-bond acceptors (Lipinski definition) is 5. The van der Waals surface area contributed by atoms with Crippen molar-refractivity contribution in [2.45, 2.75) is 26.5 Å². The van der Waals surface area contributed by atoms with Crippen LogP contribution in [0.2, 0.25) is 0 Å². The third-order valence-corrected chi connectivity index (χ3v) is 3.03. The largest absolute Gasteiger partial charge is 0.454 e. The molecule has 0 radical (unpaired) electrons. The molecule has 23 heavy (non-hydrogen) atoms. The lowest BCUT2D eigenvalue weighted by molar-refractivity contribution is -0.151. The van der Waals surface area contributed by atoms with Gasteiger partial charge in [0.1, 0.15) is 12.6 Å². The van der Waals surface area contributed by atoms with Gasteiger partial charge in [-0.2, -0.15) is 0 Å². The molecule has 1 rings (SSSR count). The maximum atomic E-state index is 11.9. The summed E-state index contributed by atoms with van der Waals surface area (Å²) in [6.07, 6.45) is -0.718. The highest BCUT2D eigenvalue weighted by Gasteiger charge is 2.26. The van der Waals surface area contributed by atoms with E-state index in [4.69, 9.17) is 9.47 Å². The number of nitrogens with one attached hydrogen (secondary N) is 2. The highest BCUT2D eigenvalue weighted by atomic mass is 16.6. The summed E-state index contributed by atoms with van der Waals surface area (Å²) in [5.41, 5.74) is 0.839. The summed E-state index contributed by atoms with van der Waals surface area (Å²) in [4.78, 5) is 34.8. The third-order valence-electron chi connectivity index (χ3n) is 3.03. The molecule has 7 nitrogen and oxygen atoms in total. The maximum Gasteiger partial charge on any atom is 0.408 e. The molecule has 126 valence electrons. The number of likely N-dealkylation sites (N-methyl/N-ethyl adjacent to an activating group) is 1. The number of carbonyl (C=O) groups excluding carboxylic acids is 3. The Morgan fingerprint density at radius 1 is 1.09 bits per heavy atom. The fourth-order valence-corrected chi connectivity index (χ4v) is 1.69. The third kappa shape index (κ3) is 6.82. The van der Waals surface area contributed by atoms with Crippen molar-refractivity contribution in [1.29, 1.82) is 0 Å². The standard InChI is InChI=1S/C16H22N2O5/c1-11(2)14(15(20)22-10-13(19)17-3)18-16(21)23-9-12-7-5-4-6-8-12/h4-8,11,14H,9-10H2,1-3H3,(H,17,19)(H,18,21)/t14-/m0/s1. The molecule has 0 spiro atoms. The van der Waals surface area contributed by atoms with Crippen LogP contribution >= 0.6 is 0 Å². The Kier molecular flexibility index (Phi) is 7.59. The molecule has 0 saturated carbocycles. The average molecular weight is 322 g/mol. The highest BCUT2D eigenvalue weighted by Crippen LogP contribution is 2.06. The quantitative estimate of drug-likeness (QED) is 0.736. The molecule has 2 N–H and O–H groups in total. The summed E-state index contributed by atoms with van der Waals surface area (Å²) in [5.74, 6) is -1.32. The SMILES string of the molecule is CNC(=O)COC(=O)[C@@H](NC(=O)OCc1ccccc1)C(C)C. The van der Waals surface area contributed by atoms with Crippen LogP contribution in [0.1, 0.15) is 19.4 Å². The number of rotatable bonds is 7. The van der Waals surface area contributed by atoms with Gasteiger partial charge in [-0.1, -0.05) is 44.2 Å². The molecule has 0 fully saturated rings. The summed E-state index contributed by atoms with van der Waals surface area (Å²) < 4.78 is 9.93. The summed E-state index contributed by atoms with van der Waals surface area (Å²) in [6, 6.07) is 8.30. The molecule has 0 aromatic heterocycles. The first-order chi connectivity index (χ1) is 10.9. The Labute approximate surface area is 135 Å². The van der Waals surface area contributed by atoms with E-state index in [9.17, 15) is 14.4 Å². The first-order valence-corrected chi connectivity index (χ1v) is 7.28. The van der Waals surface area contributed by atoms with E-state index in [0.29, 0.717) is 0 Å². The fraction of sp³-hybridized carbons (Fsp3) is 0.438. The minimum Gasteiger partial charge on any atom is -0.454 e. The van der Waals surface area contributed by atoms with Crippen LogP contribution in [0.3, 0.4) is 0 Å². The van der Waals surface area contributed by atoms with Crippen molar-refractivity contribution in [3.8, 4) is 0 Å². The number of carbonyl (C=O) groups is 3. The van der Waals surface area contributed by atoms with E-state index in [2.05, 4.69) is 10.6 Å². The van der Waals surface area contributed by atoms with E-state index in [0.717, 1.165) is 5.56 Å². The molecule has 0 heterocycles. The van der Waals surface area contributed by atoms with E-state index >= 15 is 0 Å². The van der Waals surface area contributed by atoms with Crippen LogP contribution in [0, 0.1) is 5.92 Å². The van der Waals surface area contributed by atoms with Gasteiger partial charge in [-0.3, -0.25) is 4.79 Å². The highest BCUT2D eigenvalue weighted by molar-refractivity contribution is 5.84. The minimum absolute atomic E-state index is 0.102. The Balaban J connectivity index is 2.49. The lowest BCUT2D eigenvalue weighted by Gasteiger charge is -2.20. The number of amides is 2. The number of ether oxygens (including phenoxy) is 2. The van der Waals surface area contributed by atoms with Crippen molar-refractivity contribution in [2.75, 3.05) is 13.7 Å². The Bertz CT molecular complexity index is 531. The fourth-order valence-electron chi connectivity index (χ4n) is 1.69. The Hall–Kier alpha value is -2.57. The van der Waals surface area contributed by atoms with Gasteiger partial charge >= 0.3 is 12.1 Å². The molecular formula is C16H22N2O5. The van der Waals surface area contributed by atoms with Gasteiger partial charge in [0, 0.05) is 7.05 Å². The second-order valence-electron chi connectivity index (χ2n) is 5.21. The lowest BCUT2D eigenvalue weighted by atomic mass is 10.1. The molecule has 0 aliphatic heterocycles. The zero-order valence-corrected chi connectivity index (χ0v) is 13.5. The van der Waals surface area contributed by atoms with Crippen LogP contribution in [0.15, 0.2) is 30.3 Å². The van der Waals surface area contributed by atoms with E-state index in [-0.39, 0.29) is 19.1 Å². The molecule has 0 unspecified atom stereocenters. The van der Waals surface area contributed by atoms with Crippen molar-refractivity contribution in [3.63, 3.8) is 0 Å². The van der Waals surface area contributed by atoms with Crippen LogP contribution in [-0.4, -0.2) is 37.7 Å². The van der Waals surface area contributed by atoms with Gasteiger partial charge in [-0.25, -0.2) is 9.59 Å². The predicted octanol–water partition coefficient (Wildman–Crippen LogP) is 1.23. The van der Waals surface area contributed by atoms with Crippen molar-refractivity contribution in [2.24, 2.45) is 5.92 Å². The van der Waals surface area contributed by atoms with Crippen LogP contribution in [0.25, 0.3) is 0 Å². The normalized spacial score (nSPS) is 11.5. The van der Waals surface area contributed by atoms with E-state index in [1.807, 2.05) is 30.3 Å². The summed E-state index contributed by atoms with van der Waals surface area (Å²) in [7, 11) is 1.44. The first-order valence-electron chi connectivity index (χ1n) is 7.28. The average Bonchev–Trinajstić information content (AvgIpc) is 2.55. The van der Waals surface area contributed by atoms with Crippen LogP contribution < -0.4 is 10.6 Å². The number of alkyl carbamates (subject to hydrolysis) is 1. The maximum absolute atomic E-state index is 11.9. The summed E-state index contributed by atoms with van der Waals surface area (Å²) >= 11 is 0. The monoisotopic (exact) mass is 322 g/mol. The topological polar surface area (TPSA) is 93.7 Å². The second-order valence-corrected chi connectivity index (χ2v) is 5.21. The zero-order chi connectivity index (χ0) is 17.2. The van der Waals surface area contributed by atoms with Gasteiger partial charge in [-0.05, 0) is 11.5 Å². The minimum atomic E-state index is -0.886. The second kappa shape index (κ2) is 9.45. The van der Waals surface area contributed by atoms with Crippen LogP contribution in [-0.2, 0) is 25.7 Å². The number of hydrogen-bond donors (Lipinski definition) is 2. The predicted molar refractivity (Wildman–Crippen MR) is 83.4 cm³/mol. The Morgan fingerprint density at radius 2 is 1.74 bits per heavy atom. The summed E-state index contributed by atoms with van der Waals surface area (Å²) in [5, 5.41) is 4.80. The van der Waals surface area contributed by atoms with Gasteiger partial charge in [0.25, 0.3) is 5.91 Å².